The lowest BCUT2D eigenvalue weighted by atomic mass is 10.00. The number of carbonyl (C=O) groups excluding carboxylic acids is 1. The van der Waals surface area contributed by atoms with E-state index in [0.717, 1.165) is 16.8 Å². The molecule has 1 aromatic rings. The van der Waals surface area contributed by atoms with Crippen LogP contribution in [-0.2, 0) is 9.59 Å². The van der Waals surface area contributed by atoms with Gasteiger partial charge in [-0.15, -0.1) is 0 Å². The van der Waals surface area contributed by atoms with Gasteiger partial charge in [-0.3, -0.25) is 10.1 Å². The number of fused-ring (bicyclic) bond motifs is 1. The Bertz CT molecular complexity index is 540. The van der Waals surface area contributed by atoms with E-state index in [-0.39, 0.29) is 13.0 Å². The maximum atomic E-state index is 11.2. The van der Waals surface area contributed by atoms with E-state index in [1.807, 2.05) is 24.3 Å². The maximum Gasteiger partial charge on any atom is 0.326 e. The number of para-hydroxylation sites is 1. The molecule has 0 aliphatic carbocycles. The number of nitrogens with zero attached hydrogens (tertiary/aromatic N) is 1. The first-order valence-corrected chi connectivity index (χ1v) is 5.83. The lowest BCUT2D eigenvalue weighted by Gasteiger charge is -2.14. The third kappa shape index (κ3) is 2.92. The summed E-state index contributed by atoms with van der Waals surface area (Å²) < 4.78 is 0. The minimum absolute atomic E-state index is 0.182. The van der Waals surface area contributed by atoms with Crippen LogP contribution >= 0.6 is 0 Å². The monoisotopic (exact) mass is 260 g/mol. The first-order valence-electron chi connectivity index (χ1n) is 5.83. The molecule has 4 N–H and O–H groups in total. The zero-order valence-corrected chi connectivity index (χ0v) is 10.2. The van der Waals surface area contributed by atoms with Crippen LogP contribution < -0.4 is 16.4 Å². The molecule has 6 nitrogen and oxygen atoms in total. The second kappa shape index (κ2) is 5.53. The number of nitrogens with two attached hydrogens (primary N) is 1. The zero-order valence-electron chi connectivity index (χ0n) is 10.2. The zero-order chi connectivity index (χ0) is 13.8. The molecule has 1 aliphatic heterocycles. The first kappa shape index (κ1) is 13.1. The van der Waals surface area contributed by atoms with Crippen LogP contribution in [0.5, 0.6) is 0 Å². The summed E-state index contributed by atoms with van der Waals surface area (Å²) >= 11 is 0. The molecule has 99 valence electrons. The molecule has 19 heavy (non-hydrogen) atoms. The molecule has 0 unspecified atom stereocenters. The fourth-order valence-corrected chi connectivity index (χ4v) is 1.91. The highest BCUT2D eigenvalue weighted by molar-refractivity contribution is 5.88. The lowest BCUT2D eigenvalue weighted by molar-refractivity contribution is -0.141. The minimum atomic E-state index is -1.09. The summed E-state index contributed by atoms with van der Waals surface area (Å²) in [6.07, 6.45) is 1.82. The van der Waals surface area contributed by atoms with Crippen LogP contribution in [0.15, 0.2) is 30.5 Å². The summed E-state index contributed by atoms with van der Waals surface area (Å²) in [7, 11) is 0. The van der Waals surface area contributed by atoms with Gasteiger partial charge in [0.15, 0.2) is 0 Å². The predicted molar refractivity (Wildman–Crippen MR) is 69.5 cm³/mol. The van der Waals surface area contributed by atoms with Crippen molar-refractivity contribution in [3.05, 3.63) is 36.0 Å². The number of rotatable bonds is 5. The highest BCUT2D eigenvalue weighted by Gasteiger charge is 2.24. The highest BCUT2D eigenvalue weighted by atomic mass is 16.4. The Morgan fingerprint density at radius 3 is 2.79 bits per heavy atom. The second-order valence-corrected chi connectivity index (χ2v) is 4.17. The number of amides is 1. The largest absolute Gasteiger partial charge is 0.480 e. The molecular formula is C13H14N3O3. The van der Waals surface area contributed by atoms with E-state index in [1.165, 1.54) is 0 Å². The Labute approximate surface area is 110 Å². The van der Waals surface area contributed by atoms with Crippen LogP contribution in [-0.4, -0.2) is 29.6 Å². The maximum absolute atomic E-state index is 11.2. The second-order valence-electron chi connectivity index (χ2n) is 4.17. The van der Waals surface area contributed by atoms with Gasteiger partial charge in [-0.05, 0) is 11.6 Å². The average molecular weight is 260 g/mol. The van der Waals surface area contributed by atoms with Crippen molar-refractivity contribution >= 4 is 23.1 Å². The van der Waals surface area contributed by atoms with E-state index in [9.17, 15) is 9.59 Å². The van der Waals surface area contributed by atoms with Crippen LogP contribution in [0.2, 0.25) is 0 Å². The number of carboxylic acid groups (broad SMARTS) is 1. The minimum Gasteiger partial charge on any atom is -0.480 e. The molecular weight excluding hydrogens is 246 g/mol. The topological polar surface area (TPSA) is 107 Å². The predicted octanol–water partition coefficient (Wildman–Crippen LogP) is 0.195. The quantitative estimate of drug-likeness (QED) is 0.702. The van der Waals surface area contributed by atoms with Crippen molar-refractivity contribution in [3.8, 4) is 0 Å². The number of benzene rings is 1. The van der Waals surface area contributed by atoms with E-state index < -0.39 is 17.9 Å². The van der Waals surface area contributed by atoms with Crippen molar-refractivity contribution in [3.63, 3.8) is 0 Å². The van der Waals surface area contributed by atoms with Gasteiger partial charge >= 0.3 is 5.97 Å². The van der Waals surface area contributed by atoms with E-state index in [4.69, 9.17) is 10.8 Å². The van der Waals surface area contributed by atoms with Gasteiger partial charge in [0.05, 0.1) is 12.2 Å². The van der Waals surface area contributed by atoms with Crippen molar-refractivity contribution in [2.75, 3.05) is 6.54 Å². The summed E-state index contributed by atoms with van der Waals surface area (Å²) in [6, 6.07) is 6.46. The lowest BCUT2D eigenvalue weighted by Crippen LogP contribution is -2.43. The Hall–Kier alpha value is -2.34. The number of aliphatic carboxylic acids is 1. The van der Waals surface area contributed by atoms with Crippen LogP contribution in [0, 0.1) is 0 Å². The molecule has 0 saturated carbocycles. The Balaban J connectivity index is 2.11. The number of hydrogen-bond donors (Lipinski definition) is 3. The molecule has 6 heteroatoms. The average Bonchev–Trinajstić information content (AvgIpc) is 2.81. The number of carbonyl (C=O) groups is 2. The summed E-state index contributed by atoms with van der Waals surface area (Å²) in [5.74, 6) is -1.58. The molecule has 0 fully saturated rings. The van der Waals surface area contributed by atoms with Crippen molar-refractivity contribution in [1.82, 2.24) is 10.6 Å². The molecule has 2 rings (SSSR count). The standard InChI is InChI=1S/C13H14N3O3/c14-6-12(17)16-11(13(18)19)5-8-7-15-10-4-2-1-3-9(8)10/h1-4,7,11H,5-6,14H2,(H,16,17)(H,18,19)/t11-/m0/s1. The summed E-state index contributed by atoms with van der Waals surface area (Å²) in [6.45, 7) is -0.232. The van der Waals surface area contributed by atoms with Crippen molar-refractivity contribution < 1.29 is 14.7 Å². The molecule has 0 aromatic heterocycles. The van der Waals surface area contributed by atoms with Gasteiger partial charge in [-0.1, -0.05) is 18.2 Å². The van der Waals surface area contributed by atoms with E-state index in [1.54, 1.807) is 6.20 Å². The van der Waals surface area contributed by atoms with Crippen LogP contribution in [0.1, 0.15) is 12.0 Å². The van der Waals surface area contributed by atoms with Crippen LogP contribution in [0.4, 0.5) is 5.69 Å². The van der Waals surface area contributed by atoms with Gasteiger partial charge in [0, 0.05) is 18.2 Å². The fraction of sp³-hybridized carbons (Fsp3) is 0.231. The molecule has 0 spiro atoms. The van der Waals surface area contributed by atoms with Gasteiger partial charge in [0.1, 0.15) is 6.04 Å². The van der Waals surface area contributed by atoms with Crippen molar-refractivity contribution in [2.45, 2.75) is 12.5 Å². The SMILES string of the molecule is NCC(=O)N[C@@H](CC1=C[N]c2ccccc21)C(=O)O. The summed E-state index contributed by atoms with van der Waals surface area (Å²) in [5, 5.41) is 15.7. The summed E-state index contributed by atoms with van der Waals surface area (Å²) in [5.41, 5.74) is 7.67. The molecule has 1 radical (unpaired) electrons. The van der Waals surface area contributed by atoms with E-state index >= 15 is 0 Å². The normalized spacial score (nSPS) is 14.1. The molecule has 0 saturated heterocycles. The van der Waals surface area contributed by atoms with Crippen LogP contribution in [0.25, 0.3) is 5.57 Å². The molecule has 0 bridgehead atoms. The highest BCUT2D eigenvalue weighted by Crippen LogP contribution is 2.32. The van der Waals surface area contributed by atoms with E-state index in [0.29, 0.717) is 0 Å². The summed E-state index contributed by atoms with van der Waals surface area (Å²) in [4.78, 5) is 22.3. The van der Waals surface area contributed by atoms with Gasteiger partial charge < -0.3 is 16.2 Å². The van der Waals surface area contributed by atoms with Gasteiger partial charge in [0.25, 0.3) is 0 Å². The third-order valence-corrected chi connectivity index (χ3v) is 2.85. The van der Waals surface area contributed by atoms with Crippen LogP contribution in [0.3, 0.4) is 0 Å². The fourth-order valence-electron chi connectivity index (χ4n) is 1.91. The van der Waals surface area contributed by atoms with Crippen molar-refractivity contribution in [2.24, 2.45) is 5.73 Å². The smallest absolute Gasteiger partial charge is 0.326 e. The number of nitrogens with one attached hydrogen (secondary N) is 1. The Kier molecular flexibility index (Phi) is 3.82. The molecule has 1 atom stereocenters. The molecule has 1 amide bonds. The van der Waals surface area contributed by atoms with Gasteiger partial charge in [-0.25, -0.2) is 4.79 Å². The number of carboxylic acids is 1. The Morgan fingerprint density at radius 2 is 2.11 bits per heavy atom. The first-order chi connectivity index (χ1) is 9.11. The third-order valence-electron chi connectivity index (χ3n) is 2.85. The van der Waals surface area contributed by atoms with Gasteiger partial charge in [-0.2, -0.15) is 0 Å². The van der Waals surface area contributed by atoms with Gasteiger partial charge in [0.2, 0.25) is 5.91 Å². The number of hydrogen-bond acceptors (Lipinski definition) is 3. The molecule has 1 heterocycles. The Morgan fingerprint density at radius 1 is 1.37 bits per heavy atom. The van der Waals surface area contributed by atoms with Crippen molar-refractivity contribution in [1.29, 1.82) is 0 Å². The molecule has 1 aliphatic rings. The van der Waals surface area contributed by atoms with E-state index in [2.05, 4.69) is 10.6 Å². The molecule has 1 aromatic carbocycles.